The van der Waals surface area contributed by atoms with E-state index in [1.165, 1.54) is 12.4 Å². The van der Waals surface area contributed by atoms with E-state index in [9.17, 15) is 14.4 Å². The molecule has 25 heavy (non-hydrogen) atoms. The molecule has 0 spiro atoms. The van der Waals surface area contributed by atoms with Crippen molar-refractivity contribution in [2.45, 2.75) is 33.2 Å². The van der Waals surface area contributed by atoms with E-state index in [4.69, 9.17) is 0 Å². The van der Waals surface area contributed by atoms with Crippen LogP contribution < -0.4 is 10.6 Å². The maximum Gasteiger partial charge on any atom is 0.356 e. The third-order valence-electron chi connectivity index (χ3n) is 4.21. The van der Waals surface area contributed by atoms with Crippen molar-refractivity contribution in [3.63, 3.8) is 0 Å². The Bertz CT molecular complexity index is 950. The van der Waals surface area contributed by atoms with Crippen LogP contribution in [0, 0.1) is 0 Å². The molecule has 4 N–H and O–H groups in total. The Kier molecular flexibility index (Phi) is 4.85. The highest BCUT2D eigenvalue weighted by atomic mass is 31.2. The Balaban J connectivity index is 1.95. The molecule has 0 amide bonds. The molecule has 0 radical (unpaired) electrons. The summed E-state index contributed by atoms with van der Waals surface area (Å²) in [6, 6.07) is 3.30. The van der Waals surface area contributed by atoms with Crippen molar-refractivity contribution in [1.29, 1.82) is 0 Å². The normalized spacial score (nSPS) is 11.8. The largest absolute Gasteiger partial charge is 0.364 e. The lowest BCUT2D eigenvalue weighted by Gasteiger charge is -2.18. The summed E-state index contributed by atoms with van der Waals surface area (Å²) in [6.45, 7) is 4.38. The van der Waals surface area contributed by atoms with Gasteiger partial charge >= 0.3 is 7.60 Å². The number of aromatic nitrogens is 4. The third kappa shape index (κ3) is 3.42. The van der Waals surface area contributed by atoms with Gasteiger partial charge in [-0.05, 0) is 35.6 Å². The number of hydrogen-bond acceptors (Lipinski definition) is 5. The van der Waals surface area contributed by atoms with Crippen molar-refractivity contribution in [2.24, 2.45) is 0 Å². The molecule has 0 unspecified atom stereocenters. The lowest BCUT2D eigenvalue weighted by atomic mass is 9.97. The van der Waals surface area contributed by atoms with E-state index in [0.29, 0.717) is 25.2 Å². The average molecular weight is 361 g/mol. The molecular weight excluding hydrogens is 341 g/mol. The third-order valence-corrected chi connectivity index (χ3v) is 5.26. The number of aromatic amines is 1. The van der Waals surface area contributed by atoms with E-state index >= 15 is 0 Å². The molecule has 0 aliphatic heterocycles. The molecule has 1 aromatic carbocycles. The Morgan fingerprint density at radius 3 is 2.60 bits per heavy atom. The fourth-order valence-electron chi connectivity index (χ4n) is 3.08. The summed E-state index contributed by atoms with van der Waals surface area (Å²) in [5.41, 5.74) is 4.13. The first kappa shape index (κ1) is 17.5. The fourth-order valence-corrected chi connectivity index (χ4v) is 3.99. The van der Waals surface area contributed by atoms with Gasteiger partial charge in [-0.15, -0.1) is 0 Å². The van der Waals surface area contributed by atoms with Crippen LogP contribution in [0.5, 0.6) is 0 Å². The number of H-pyrrole nitrogens is 1. The maximum absolute atomic E-state index is 11.7. The van der Waals surface area contributed by atoms with Crippen LogP contribution in [0.15, 0.2) is 24.7 Å². The highest BCUT2D eigenvalue weighted by Gasteiger charge is 2.23. The minimum absolute atomic E-state index is 0.119. The van der Waals surface area contributed by atoms with E-state index in [-0.39, 0.29) is 5.30 Å². The Labute approximate surface area is 144 Å². The molecule has 3 rings (SSSR count). The number of benzene rings is 1. The summed E-state index contributed by atoms with van der Waals surface area (Å²) >= 11 is 0. The van der Waals surface area contributed by atoms with Gasteiger partial charge in [0.15, 0.2) is 5.82 Å². The molecule has 0 saturated carbocycles. The van der Waals surface area contributed by atoms with Crippen LogP contribution in [0.25, 0.3) is 11.0 Å². The van der Waals surface area contributed by atoms with E-state index in [2.05, 4.69) is 25.5 Å². The predicted molar refractivity (Wildman–Crippen MR) is 95.9 cm³/mol. The summed E-state index contributed by atoms with van der Waals surface area (Å²) in [6.07, 6.45) is 4.35. The molecule has 2 aromatic heterocycles. The SMILES string of the molecule is CCc1c(CNc2ncnc3cn[nH]c23)ccc(P(=O)(O)O)c1CC. The second kappa shape index (κ2) is 6.92. The van der Waals surface area contributed by atoms with Gasteiger partial charge in [0.25, 0.3) is 0 Å². The first-order chi connectivity index (χ1) is 12.0. The van der Waals surface area contributed by atoms with E-state index < -0.39 is 7.60 Å². The molecule has 9 heteroatoms. The van der Waals surface area contributed by atoms with Crippen molar-refractivity contribution in [1.82, 2.24) is 20.2 Å². The van der Waals surface area contributed by atoms with Gasteiger partial charge in [0.1, 0.15) is 17.4 Å². The van der Waals surface area contributed by atoms with Crippen molar-refractivity contribution >= 4 is 29.8 Å². The van der Waals surface area contributed by atoms with Gasteiger partial charge in [0.05, 0.1) is 11.5 Å². The number of nitrogens with one attached hydrogen (secondary N) is 2. The minimum atomic E-state index is -4.29. The van der Waals surface area contributed by atoms with E-state index in [1.807, 2.05) is 13.8 Å². The fraction of sp³-hybridized carbons (Fsp3) is 0.312. The molecule has 0 saturated heterocycles. The van der Waals surface area contributed by atoms with Gasteiger partial charge in [0.2, 0.25) is 0 Å². The van der Waals surface area contributed by atoms with Crippen LogP contribution in [-0.4, -0.2) is 30.0 Å². The monoisotopic (exact) mass is 361 g/mol. The molecule has 8 nitrogen and oxygen atoms in total. The summed E-state index contributed by atoms with van der Waals surface area (Å²) in [7, 11) is -4.29. The summed E-state index contributed by atoms with van der Waals surface area (Å²) in [4.78, 5) is 27.5. The first-order valence-corrected chi connectivity index (χ1v) is 9.64. The van der Waals surface area contributed by atoms with Crippen LogP contribution in [-0.2, 0) is 24.0 Å². The summed E-state index contributed by atoms with van der Waals surface area (Å²) < 4.78 is 11.7. The van der Waals surface area contributed by atoms with Gasteiger partial charge in [-0.2, -0.15) is 5.10 Å². The Morgan fingerprint density at radius 2 is 1.92 bits per heavy atom. The van der Waals surface area contributed by atoms with Gasteiger partial charge in [0, 0.05) is 6.54 Å². The first-order valence-electron chi connectivity index (χ1n) is 8.03. The molecule has 0 atom stereocenters. The average Bonchev–Trinajstić information content (AvgIpc) is 3.07. The van der Waals surface area contributed by atoms with Crippen LogP contribution in [0.4, 0.5) is 5.82 Å². The van der Waals surface area contributed by atoms with Crippen molar-refractivity contribution < 1.29 is 14.4 Å². The lowest BCUT2D eigenvalue weighted by molar-refractivity contribution is 0.387. The topological polar surface area (TPSA) is 124 Å². The highest BCUT2D eigenvalue weighted by Crippen LogP contribution is 2.36. The predicted octanol–water partition coefficient (Wildman–Crippen LogP) is 1.89. The molecule has 132 valence electrons. The second-order valence-electron chi connectivity index (χ2n) is 5.66. The number of hydrogen-bond donors (Lipinski definition) is 4. The molecule has 2 heterocycles. The summed E-state index contributed by atoms with van der Waals surface area (Å²) in [5, 5.41) is 10.2. The Hall–Kier alpha value is -2.28. The smallest absolute Gasteiger partial charge is 0.356 e. The van der Waals surface area contributed by atoms with Crippen LogP contribution in [0.1, 0.15) is 30.5 Å². The van der Waals surface area contributed by atoms with Gasteiger partial charge in [-0.3, -0.25) is 9.66 Å². The zero-order valence-corrected chi connectivity index (χ0v) is 14.9. The highest BCUT2D eigenvalue weighted by molar-refractivity contribution is 7.60. The summed E-state index contributed by atoms with van der Waals surface area (Å²) in [5.74, 6) is 0.640. The molecular formula is C16H20N5O3P. The Morgan fingerprint density at radius 1 is 1.16 bits per heavy atom. The quantitative estimate of drug-likeness (QED) is 0.494. The van der Waals surface area contributed by atoms with Gasteiger partial charge in [-0.1, -0.05) is 19.9 Å². The lowest BCUT2D eigenvalue weighted by Crippen LogP contribution is -2.16. The zero-order valence-electron chi connectivity index (χ0n) is 14.0. The van der Waals surface area contributed by atoms with E-state index in [1.54, 1.807) is 12.3 Å². The standard InChI is InChI=1S/C16H20N5O3P/c1-3-11-10(5-6-14(12(11)4-2)25(22,23)24)7-17-16-15-13(8-20-21-15)18-9-19-16/h5-6,8-9H,3-4,7H2,1-2H3,(H,20,21)(H,17,18,19)(H2,22,23,24). The number of anilines is 1. The molecule has 0 aliphatic rings. The van der Waals surface area contributed by atoms with E-state index in [0.717, 1.165) is 27.7 Å². The second-order valence-corrected chi connectivity index (χ2v) is 7.23. The van der Waals surface area contributed by atoms with Gasteiger partial charge < -0.3 is 15.1 Å². The molecule has 0 fully saturated rings. The number of fused-ring (bicyclic) bond motifs is 1. The van der Waals surface area contributed by atoms with Crippen LogP contribution in [0.3, 0.4) is 0 Å². The zero-order chi connectivity index (χ0) is 18.0. The number of rotatable bonds is 6. The van der Waals surface area contributed by atoms with Gasteiger partial charge in [-0.25, -0.2) is 9.97 Å². The maximum atomic E-state index is 11.7. The van der Waals surface area contributed by atoms with Crippen molar-refractivity contribution in [3.05, 3.63) is 41.3 Å². The number of nitrogens with zero attached hydrogens (tertiary/aromatic N) is 3. The van der Waals surface area contributed by atoms with Crippen molar-refractivity contribution in [2.75, 3.05) is 5.32 Å². The molecule has 0 aliphatic carbocycles. The van der Waals surface area contributed by atoms with Crippen LogP contribution >= 0.6 is 7.60 Å². The van der Waals surface area contributed by atoms with Crippen LogP contribution in [0.2, 0.25) is 0 Å². The molecule has 3 aromatic rings. The van der Waals surface area contributed by atoms with Crippen molar-refractivity contribution in [3.8, 4) is 0 Å². The molecule has 0 bridgehead atoms. The minimum Gasteiger partial charge on any atom is -0.364 e.